The van der Waals surface area contributed by atoms with E-state index in [1.54, 1.807) is 0 Å². The average Bonchev–Trinajstić information content (AvgIpc) is 2.66. The molecule has 0 amide bonds. The Kier molecular flexibility index (Phi) is 8.82. The number of hydrogen-bond acceptors (Lipinski definition) is 2. The van der Waals surface area contributed by atoms with Crippen LogP contribution in [0.3, 0.4) is 0 Å². The number of benzene rings is 2. The Bertz CT molecular complexity index is 614. The summed E-state index contributed by atoms with van der Waals surface area (Å²) < 4.78 is 5.68. The molecule has 0 aromatic heterocycles. The molecule has 0 unspecified atom stereocenters. The predicted octanol–water partition coefficient (Wildman–Crippen LogP) is 6.74. The summed E-state index contributed by atoms with van der Waals surface area (Å²) in [7, 11) is 0. The molecule has 2 heteroatoms. The third-order valence-corrected chi connectivity index (χ3v) is 4.26. The summed E-state index contributed by atoms with van der Waals surface area (Å²) in [6.45, 7) is 5.20. The van der Waals surface area contributed by atoms with Gasteiger partial charge < -0.3 is 4.74 Å². The van der Waals surface area contributed by atoms with Gasteiger partial charge in [-0.3, -0.25) is 4.99 Å². The lowest BCUT2D eigenvalue weighted by Gasteiger charge is -2.05. The van der Waals surface area contributed by atoms with Gasteiger partial charge in [0, 0.05) is 6.21 Å². The molecule has 0 radical (unpaired) electrons. The Labute approximate surface area is 153 Å². The number of ether oxygens (including phenoxy) is 1. The normalized spacial score (nSPS) is 11.1. The van der Waals surface area contributed by atoms with E-state index in [-0.39, 0.29) is 0 Å². The fourth-order valence-electron chi connectivity index (χ4n) is 2.64. The van der Waals surface area contributed by atoms with Crippen molar-refractivity contribution in [3.63, 3.8) is 0 Å². The fraction of sp³-hybridized carbons (Fsp3) is 0.435. The molecule has 0 spiro atoms. The zero-order valence-electron chi connectivity index (χ0n) is 15.7. The topological polar surface area (TPSA) is 21.6 Å². The van der Waals surface area contributed by atoms with Crippen LogP contribution >= 0.6 is 0 Å². The largest absolute Gasteiger partial charge is 0.494 e. The molecule has 2 rings (SSSR count). The van der Waals surface area contributed by atoms with E-state index in [0.717, 1.165) is 36.4 Å². The van der Waals surface area contributed by atoms with Gasteiger partial charge in [-0.05, 0) is 66.8 Å². The Hall–Kier alpha value is -2.09. The zero-order valence-corrected chi connectivity index (χ0v) is 15.7. The summed E-state index contributed by atoms with van der Waals surface area (Å²) >= 11 is 0. The van der Waals surface area contributed by atoms with Crippen molar-refractivity contribution in [2.24, 2.45) is 4.99 Å². The van der Waals surface area contributed by atoms with Gasteiger partial charge in [-0.1, -0.05) is 51.7 Å². The Morgan fingerprint density at radius 3 is 2.20 bits per heavy atom. The molecule has 0 atom stereocenters. The van der Waals surface area contributed by atoms with Crippen LogP contribution in [0.15, 0.2) is 53.5 Å². The quantitative estimate of drug-likeness (QED) is 0.329. The molecule has 0 fully saturated rings. The number of aryl methyl sites for hydroxylation is 1. The first-order chi connectivity index (χ1) is 12.3. The molecule has 2 aromatic carbocycles. The maximum atomic E-state index is 5.68. The van der Waals surface area contributed by atoms with Crippen molar-refractivity contribution >= 4 is 11.9 Å². The molecule has 0 saturated heterocycles. The molecule has 0 N–H and O–H groups in total. The van der Waals surface area contributed by atoms with E-state index in [9.17, 15) is 0 Å². The third-order valence-electron chi connectivity index (χ3n) is 4.26. The van der Waals surface area contributed by atoms with Gasteiger partial charge in [0.1, 0.15) is 5.75 Å². The molecule has 0 bridgehead atoms. The Balaban J connectivity index is 1.82. The summed E-state index contributed by atoms with van der Waals surface area (Å²) in [6, 6.07) is 16.7. The van der Waals surface area contributed by atoms with E-state index in [0.29, 0.717) is 0 Å². The van der Waals surface area contributed by atoms with E-state index in [1.807, 2.05) is 30.5 Å². The van der Waals surface area contributed by atoms with Crippen molar-refractivity contribution in [1.29, 1.82) is 0 Å². The van der Waals surface area contributed by atoms with Crippen LogP contribution in [-0.2, 0) is 6.42 Å². The summed E-state index contributed by atoms with van der Waals surface area (Å²) in [5.74, 6) is 0.929. The molecule has 0 aliphatic carbocycles. The molecule has 2 aromatic rings. The molecular weight excluding hydrogens is 306 g/mol. The Morgan fingerprint density at radius 1 is 0.800 bits per heavy atom. The highest BCUT2D eigenvalue weighted by Crippen LogP contribution is 2.16. The number of nitrogens with zero attached hydrogens (tertiary/aromatic N) is 1. The summed E-state index contributed by atoms with van der Waals surface area (Å²) in [4.78, 5) is 4.57. The minimum atomic E-state index is 0.786. The molecular formula is C23H31NO. The molecule has 0 aliphatic rings. The predicted molar refractivity (Wildman–Crippen MR) is 108 cm³/mol. The molecule has 0 aliphatic heterocycles. The van der Waals surface area contributed by atoms with Gasteiger partial charge in [-0.25, -0.2) is 0 Å². The van der Waals surface area contributed by atoms with Crippen LogP contribution in [0.4, 0.5) is 5.69 Å². The van der Waals surface area contributed by atoms with Gasteiger partial charge in [0.05, 0.1) is 12.3 Å². The van der Waals surface area contributed by atoms with Crippen LogP contribution in [0.5, 0.6) is 5.75 Å². The molecule has 2 nitrogen and oxygen atoms in total. The summed E-state index contributed by atoms with van der Waals surface area (Å²) in [5, 5.41) is 0. The minimum Gasteiger partial charge on any atom is -0.494 e. The molecule has 0 heterocycles. The second-order valence-electron chi connectivity index (χ2n) is 6.51. The number of aliphatic imine (C=N–C) groups is 1. The van der Waals surface area contributed by atoms with E-state index >= 15 is 0 Å². The minimum absolute atomic E-state index is 0.786. The smallest absolute Gasteiger partial charge is 0.119 e. The van der Waals surface area contributed by atoms with Crippen molar-refractivity contribution in [1.82, 2.24) is 0 Å². The van der Waals surface area contributed by atoms with Gasteiger partial charge in [-0.2, -0.15) is 0 Å². The van der Waals surface area contributed by atoms with Crippen molar-refractivity contribution in [3.8, 4) is 5.75 Å². The lowest BCUT2D eigenvalue weighted by Crippen LogP contribution is -1.96. The van der Waals surface area contributed by atoms with Crippen molar-refractivity contribution in [3.05, 3.63) is 59.7 Å². The van der Waals surface area contributed by atoms with Crippen LogP contribution in [-0.4, -0.2) is 12.8 Å². The first-order valence-corrected chi connectivity index (χ1v) is 9.67. The van der Waals surface area contributed by atoms with Gasteiger partial charge in [0.15, 0.2) is 0 Å². The van der Waals surface area contributed by atoms with Crippen LogP contribution < -0.4 is 4.74 Å². The highest BCUT2D eigenvalue weighted by molar-refractivity contribution is 5.82. The number of unbranched alkanes of at least 4 members (excludes halogenated alkanes) is 4. The summed E-state index contributed by atoms with van der Waals surface area (Å²) in [5.41, 5.74) is 3.50. The maximum absolute atomic E-state index is 5.68. The van der Waals surface area contributed by atoms with Crippen molar-refractivity contribution < 1.29 is 4.74 Å². The van der Waals surface area contributed by atoms with E-state index in [2.05, 4.69) is 43.1 Å². The van der Waals surface area contributed by atoms with Gasteiger partial charge >= 0.3 is 0 Å². The third kappa shape index (κ3) is 7.55. The monoisotopic (exact) mass is 337 g/mol. The SMILES string of the molecule is CCCCCCc1ccc(N=Cc2ccc(OCCCC)cc2)cc1. The number of rotatable bonds is 11. The van der Waals surface area contributed by atoms with Crippen molar-refractivity contribution in [2.75, 3.05) is 6.61 Å². The first-order valence-electron chi connectivity index (χ1n) is 9.67. The molecule has 0 saturated carbocycles. The standard InChI is InChI=1S/C23H31NO/c1-3-5-7-8-9-20-10-14-22(15-11-20)24-19-21-12-16-23(17-13-21)25-18-6-4-2/h10-17,19H,3-9,18H2,1-2H3. The second-order valence-corrected chi connectivity index (χ2v) is 6.51. The van der Waals surface area contributed by atoms with Gasteiger partial charge in [0.2, 0.25) is 0 Å². The van der Waals surface area contributed by atoms with Gasteiger partial charge in [-0.15, -0.1) is 0 Å². The van der Waals surface area contributed by atoms with Crippen molar-refractivity contribution in [2.45, 2.75) is 58.8 Å². The maximum Gasteiger partial charge on any atom is 0.119 e. The molecule has 25 heavy (non-hydrogen) atoms. The number of hydrogen-bond donors (Lipinski definition) is 0. The Morgan fingerprint density at radius 2 is 1.52 bits per heavy atom. The van der Waals surface area contributed by atoms with E-state index in [1.165, 1.54) is 37.7 Å². The van der Waals surface area contributed by atoms with Crippen LogP contribution in [0, 0.1) is 0 Å². The second kappa shape index (κ2) is 11.5. The first kappa shape index (κ1) is 19.2. The van der Waals surface area contributed by atoms with Gasteiger partial charge in [0.25, 0.3) is 0 Å². The van der Waals surface area contributed by atoms with Crippen LogP contribution in [0.2, 0.25) is 0 Å². The summed E-state index contributed by atoms with van der Waals surface area (Å²) in [6.07, 6.45) is 10.6. The van der Waals surface area contributed by atoms with E-state index in [4.69, 9.17) is 4.74 Å². The van der Waals surface area contributed by atoms with E-state index < -0.39 is 0 Å². The fourth-order valence-corrected chi connectivity index (χ4v) is 2.64. The highest BCUT2D eigenvalue weighted by atomic mass is 16.5. The lowest BCUT2D eigenvalue weighted by atomic mass is 10.1. The lowest BCUT2D eigenvalue weighted by molar-refractivity contribution is 0.309. The molecule has 134 valence electrons. The zero-order chi connectivity index (χ0) is 17.7. The van der Waals surface area contributed by atoms with Crippen LogP contribution in [0.25, 0.3) is 0 Å². The highest BCUT2D eigenvalue weighted by Gasteiger charge is 1.96. The average molecular weight is 338 g/mol. The van der Waals surface area contributed by atoms with Crippen LogP contribution in [0.1, 0.15) is 63.5 Å².